The third kappa shape index (κ3) is 4.07. The van der Waals surface area contributed by atoms with Crippen molar-refractivity contribution in [2.45, 2.75) is 46.6 Å². The van der Waals surface area contributed by atoms with E-state index in [0.29, 0.717) is 11.3 Å². The summed E-state index contributed by atoms with van der Waals surface area (Å²) in [5.74, 6) is 0.622. The number of carbonyl (C=O) groups is 1. The van der Waals surface area contributed by atoms with E-state index in [-0.39, 0.29) is 30.8 Å². The Kier molecular flexibility index (Phi) is 6.56. The average molecular weight is 332 g/mol. The van der Waals surface area contributed by atoms with Gasteiger partial charge in [0.25, 0.3) is 5.52 Å². The molecule has 0 N–H and O–H groups in total. The quantitative estimate of drug-likeness (QED) is 0.666. The second kappa shape index (κ2) is 7.55. The fourth-order valence-electron chi connectivity index (χ4n) is 2.12. The third-order valence-corrected chi connectivity index (χ3v) is 4.88. The fourth-order valence-corrected chi connectivity index (χ4v) is 3.59. The minimum absolute atomic E-state index is 0.118. The number of furan rings is 1. The number of ether oxygens (including phenoxy) is 1. The Balaban J connectivity index is 3.33. The maximum atomic E-state index is 12.7. The molecule has 126 valence electrons. The molecule has 1 rings (SSSR count). The minimum Gasteiger partial charge on any atom is -0.468 e. The van der Waals surface area contributed by atoms with Gasteiger partial charge in [0.15, 0.2) is 0 Å². The van der Waals surface area contributed by atoms with Crippen molar-refractivity contribution in [1.29, 1.82) is 0 Å². The predicted octanol–water partition coefficient (Wildman–Crippen LogP) is 4.13. The zero-order chi connectivity index (χ0) is 17.0. The summed E-state index contributed by atoms with van der Waals surface area (Å²) in [7, 11) is -2.35. The molecular formula is C15H25O6P. The molecular weight excluding hydrogens is 307 g/mol. The first-order chi connectivity index (χ1) is 10.2. The smallest absolute Gasteiger partial charge is 0.401 e. The topological polar surface area (TPSA) is 75.0 Å². The summed E-state index contributed by atoms with van der Waals surface area (Å²) in [6.07, 6.45) is 1.31. The average Bonchev–Trinajstić information content (AvgIpc) is 2.82. The van der Waals surface area contributed by atoms with Crippen LogP contribution in [-0.4, -0.2) is 25.8 Å². The summed E-state index contributed by atoms with van der Waals surface area (Å²) >= 11 is 0. The van der Waals surface area contributed by atoms with Crippen LogP contribution in [0.3, 0.4) is 0 Å². The molecule has 0 spiro atoms. The molecule has 1 heterocycles. The molecule has 0 aliphatic heterocycles. The Labute approximate surface area is 131 Å². The molecule has 1 aromatic rings. The first kappa shape index (κ1) is 19.1. The van der Waals surface area contributed by atoms with Crippen LogP contribution in [0.1, 0.15) is 56.3 Å². The Morgan fingerprint density at radius 3 is 2.18 bits per heavy atom. The summed E-state index contributed by atoms with van der Waals surface area (Å²) in [4.78, 5) is 12.7. The largest absolute Gasteiger partial charge is 0.468 e. The molecule has 6 nitrogen and oxygen atoms in total. The fraction of sp³-hybridized carbons (Fsp3) is 0.667. The van der Waals surface area contributed by atoms with Crippen molar-refractivity contribution in [2.75, 3.05) is 20.3 Å². The summed E-state index contributed by atoms with van der Waals surface area (Å²) in [6, 6.07) is 0. The Hall–Kier alpha value is -0.940. The molecule has 0 aliphatic carbocycles. The number of hydrogen-bond donors (Lipinski definition) is 0. The van der Waals surface area contributed by atoms with Gasteiger partial charge in [0.05, 0.1) is 25.4 Å². The van der Waals surface area contributed by atoms with Crippen molar-refractivity contribution < 1.29 is 27.6 Å². The lowest BCUT2D eigenvalue weighted by Crippen LogP contribution is -2.15. The summed E-state index contributed by atoms with van der Waals surface area (Å²) in [5.41, 5.74) is -0.229. The van der Waals surface area contributed by atoms with Crippen LogP contribution >= 0.6 is 7.60 Å². The van der Waals surface area contributed by atoms with Gasteiger partial charge in [-0.3, -0.25) is 9.36 Å². The standard InChI is InChI=1S/C15H25O6P/c1-7-20-22(17,21-8-2)14(16)12-10-19-13(15(3,4)5)11(12)9-18-6/h10H,7-9H2,1-6H3. The van der Waals surface area contributed by atoms with Gasteiger partial charge in [-0.15, -0.1) is 0 Å². The molecule has 0 saturated carbocycles. The van der Waals surface area contributed by atoms with E-state index in [4.69, 9.17) is 18.2 Å². The molecule has 0 radical (unpaired) electrons. The summed E-state index contributed by atoms with van der Waals surface area (Å²) < 4.78 is 33.6. The molecule has 0 unspecified atom stereocenters. The number of carbonyl (C=O) groups excluding carboxylic acids is 1. The van der Waals surface area contributed by atoms with E-state index < -0.39 is 13.1 Å². The molecule has 0 aromatic carbocycles. The van der Waals surface area contributed by atoms with Crippen molar-refractivity contribution in [2.24, 2.45) is 0 Å². The van der Waals surface area contributed by atoms with Crippen LogP contribution in [0.2, 0.25) is 0 Å². The first-order valence-corrected chi connectivity index (χ1v) is 8.79. The van der Waals surface area contributed by atoms with Crippen LogP contribution in [0.15, 0.2) is 10.7 Å². The molecule has 0 fully saturated rings. The maximum Gasteiger partial charge on any atom is 0.401 e. The van der Waals surface area contributed by atoms with Gasteiger partial charge in [0, 0.05) is 18.1 Å². The highest BCUT2D eigenvalue weighted by Gasteiger charge is 2.39. The van der Waals surface area contributed by atoms with Gasteiger partial charge in [-0.1, -0.05) is 20.8 Å². The number of rotatable bonds is 8. The number of methoxy groups -OCH3 is 1. The SMILES string of the molecule is CCOP(=O)(OCC)C(=O)c1coc(C(C)(C)C)c1COC. The van der Waals surface area contributed by atoms with E-state index in [1.807, 2.05) is 20.8 Å². The molecule has 7 heteroatoms. The normalized spacial score (nSPS) is 12.6. The lowest BCUT2D eigenvalue weighted by atomic mass is 9.89. The van der Waals surface area contributed by atoms with Gasteiger partial charge in [0.2, 0.25) is 0 Å². The molecule has 22 heavy (non-hydrogen) atoms. The van der Waals surface area contributed by atoms with E-state index in [9.17, 15) is 9.36 Å². The highest BCUT2D eigenvalue weighted by molar-refractivity contribution is 7.72. The maximum absolute atomic E-state index is 12.7. The van der Waals surface area contributed by atoms with Crippen LogP contribution in [-0.2, 0) is 30.4 Å². The Morgan fingerprint density at radius 1 is 1.23 bits per heavy atom. The van der Waals surface area contributed by atoms with E-state index in [0.717, 1.165) is 0 Å². The highest BCUT2D eigenvalue weighted by Crippen LogP contribution is 2.52. The minimum atomic E-state index is -3.88. The van der Waals surface area contributed by atoms with E-state index in [1.165, 1.54) is 13.4 Å². The third-order valence-electron chi connectivity index (χ3n) is 2.94. The molecule has 0 amide bonds. The molecule has 0 bridgehead atoms. The van der Waals surface area contributed by atoms with Crippen molar-refractivity contribution in [3.63, 3.8) is 0 Å². The van der Waals surface area contributed by atoms with Crippen LogP contribution in [0.25, 0.3) is 0 Å². The van der Waals surface area contributed by atoms with Crippen LogP contribution < -0.4 is 0 Å². The van der Waals surface area contributed by atoms with E-state index in [1.54, 1.807) is 13.8 Å². The second-order valence-electron chi connectivity index (χ2n) is 5.78. The van der Waals surface area contributed by atoms with E-state index in [2.05, 4.69) is 0 Å². The predicted molar refractivity (Wildman–Crippen MR) is 83.3 cm³/mol. The van der Waals surface area contributed by atoms with Crippen LogP contribution in [0.5, 0.6) is 0 Å². The lowest BCUT2D eigenvalue weighted by molar-refractivity contribution is 0.0996. The van der Waals surface area contributed by atoms with Gasteiger partial charge in [0.1, 0.15) is 12.0 Å². The zero-order valence-corrected chi connectivity index (χ0v) is 15.0. The monoisotopic (exact) mass is 332 g/mol. The Bertz CT molecular complexity index is 545. The van der Waals surface area contributed by atoms with E-state index >= 15 is 0 Å². The van der Waals surface area contributed by atoms with Gasteiger partial charge in [-0.2, -0.15) is 0 Å². The highest BCUT2D eigenvalue weighted by atomic mass is 31.2. The van der Waals surface area contributed by atoms with Gasteiger partial charge < -0.3 is 18.2 Å². The van der Waals surface area contributed by atoms with Crippen LogP contribution in [0, 0.1) is 0 Å². The zero-order valence-electron chi connectivity index (χ0n) is 14.1. The second-order valence-corrected chi connectivity index (χ2v) is 7.70. The first-order valence-electron chi connectivity index (χ1n) is 7.25. The summed E-state index contributed by atoms with van der Waals surface area (Å²) in [5, 5.41) is 0. The van der Waals surface area contributed by atoms with Crippen molar-refractivity contribution in [3.05, 3.63) is 23.2 Å². The molecule has 0 aliphatic rings. The number of hydrogen-bond acceptors (Lipinski definition) is 6. The van der Waals surface area contributed by atoms with Crippen molar-refractivity contribution in [3.8, 4) is 0 Å². The van der Waals surface area contributed by atoms with Crippen molar-refractivity contribution >= 4 is 13.1 Å². The molecule has 1 aromatic heterocycles. The summed E-state index contributed by atoms with van der Waals surface area (Å²) in [6.45, 7) is 9.62. The molecule has 0 saturated heterocycles. The lowest BCUT2D eigenvalue weighted by Gasteiger charge is -2.18. The Morgan fingerprint density at radius 2 is 1.77 bits per heavy atom. The molecule has 0 atom stereocenters. The van der Waals surface area contributed by atoms with Gasteiger partial charge in [-0.05, 0) is 13.8 Å². The van der Waals surface area contributed by atoms with Crippen molar-refractivity contribution in [1.82, 2.24) is 0 Å². The van der Waals surface area contributed by atoms with Gasteiger partial charge >= 0.3 is 7.60 Å². The van der Waals surface area contributed by atoms with Gasteiger partial charge in [-0.25, -0.2) is 0 Å². The van der Waals surface area contributed by atoms with Crippen LogP contribution in [0.4, 0.5) is 0 Å².